The summed E-state index contributed by atoms with van der Waals surface area (Å²) in [5.74, 6) is 0.295. The van der Waals surface area contributed by atoms with E-state index in [4.69, 9.17) is 5.73 Å². The molecule has 1 saturated carbocycles. The van der Waals surface area contributed by atoms with Gasteiger partial charge in [-0.25, -0.2) is 0 Å². The van der Waals surface area contributed by atoms with E-state index in [9.17, 15) is 9.59 Å². The molecule has 5 heteroatoms. The van der Waals surface area contributed by atoms with Gasteiger partial charge in [-0.05, 0) is 12.8 Å². The zero-order valence-corrected chi connectivity index (χ0v) is 10.4. The van der Waals surface area contributed by atoms with Crippen LogP contribution in [0.3, 0.4) is 0 Å². The van der Waals surface area contributed by atoms with Gasteiger partial charge in [0, 0.05) is 39.6 Å². The van der Waals surface area contributed by atoms with Crippen LogP contribution in [0.1, 0.15) is 26.2 Å². The maximum atomic E-state index is 12.4. The molecule has 0 bridgehead atoms. The van der Waals surface area contributed by atoms with E-state index in [-0.39, 0.29) is 17.2 Å². The summed E-state index contributed by atoms with van der Waals surface area (Å²) in [7, 11) is 0. The van der Waals surface area contributed by atoms with Gasteiger partial charge in [0.1, 0.15) is 0 Å². The van der Waals surface area contributed by atoms with Crippen LogP contribution in [-0.2, 0) is 9.59 Å². The zero-order valence-electron chi connectivity index (χ0n) is 10.4. The average Bonchev–Trinajstić information content (AvgIpc) is 2.28. The number of hydrogen-bond acceptors (Lipinski definition) is 3. The summed E-state index contributed by atoms with van der Waals surface area (Å²) in [5.41, 5.74) is 5.46. The Balaban J connectivity index is 1.92. The summed E-state index contributed by atoms with van der Waals surface area (Å²) >= 11 is 0. The van der Waals surface area contributed by atoms with Gasteiger partial charge >= 0.3 is 0 Å². The van der Waals surface area contributed by atoms with Gasteiger partial charge in [-0.1, -0.05) is 6.42 Å². The summed E-state index contributed by atoms with van der Waals surface area (Å²) in [6, 6.07) is 0. The van der Waals surface area contributed by atoms with Crippen molar-refractivity contribution in [2.45, 2.75) is 26.2 Å². The van der Waals surface area contributed by atoms with Gasteiger partial charge in [-0.3, -0.25) is 9.59 Å². The lowest BCUT2D eigenvalue weighted by atomic mass is 9.67. The molecule has 2 rings (SSSR count). The van der Waals surface area contributed by atoms with Crippen molar-refractivity contribution in [3.63, 3.8) is 0 Å². The molecule has 96 valence electrons. The van der Waals surface area contributed by atoms with E-state index in [0.717, 1.165) is 19.3 Å². The molecule has 0 spiro atoms. The van der Waals surface area contributed by atoms with Crippen LogP contribution >= 0.6 is 0 Å². The lowest BCUT2D eigenvalue weighted by Crippen LogP contribution is -2.57. The van der Waals surface area contributed by atoms with Crippen LogP contribution in [0.5, 0.6) is 0 Å². The Morgan fingerprint density at radius 2 is 1.65 bits per heavy atom. The van der Waals surface area contributed by atoms with E-state index in [1.54, 1.807) is 11.8 Å². The molecular weight excluding hydrogens is 218 g/mol. The fourth-order valence-corrected chi connectivity index (χ4v) is 2.67. The second-order valence-corrected chi connectivity index (χ2v) is 5.14. The third-order valence-corrected chi connectivity index (χ3v) is 4.17. The molecule has 5 nitrogen and oxygen atoms in total. The fourth-order valence-electron chi connectivity index (χ4n) is 2.67. The summed E-state index contributed by atoms with van der Waals surface area (Å²) in [4.78, 5) is 27.2. The van der Waals surface area contributed by atoms with Gasteiger partial charge in [0.25, 0.3) is 0 Å². The summed E-state index contributed by atoms with van der Waals surface area (Å²) in [6.07, 6.45) is 2.96. The van der Waals surface area contributed by atoms with Gasteiger partial charge in [-0.15, -0.1) is 0 Å². The third kappa shape index (κ3) is 2.16. The molecule has 2 amide bonds. The molecule has 0 aromatic heterocycles. The number of nitrogens with two attached hydrogens (primary N) is 1. The molecule has 2 aliphatic rings. The van der Waals surface area contributed by atoms with Crippen molar-refractivity contribution in [2.24, 2.45) is 11.1 Å². The molecule has 0 aromatic rings. The van der Waals surface area contributed by atoms with Crippen molar-refractivity contribution in [3.8, 4) is 0 Å². The first kappa shape index (κ1) is 12.4. The predicted molar refractivity (Wildman–Crippen MR) is 64.2 cm³/mol. The van der Waals surface area contributed by atoms with Crippen LogP contribution in [0, 0.1) is 5.41 Å². The van der Waals surface area contributed by atoms with Gasteiger partial charge in [0.15, 0.2) is 0 Å². The largest absolute Gasteiger partial charge is 0.339 e. The minimum absolute atomic E-state index is 0.0919. The highest BCUT2D eigenvalue weighted by molar-refractivity contribution is 5.84. The number of hydrogen-bond donors (Lipinski definition) is 1. The number of piperazine rings is 1. The van der Waals surface area contributed by atoms with Crippen LogP contribution in [0.25, 0.3) is 0 Å². The van der Waals surface area contributed by atoms with E-state index in [1.807, 2.05) is 4.90 Å². The number of carbonyl (C=O) groups excluding carboxylic acids is 2. The zero-order chi connectivity index (χ0) is 12.5. The Bertz CT molecular complexity index is 312. The summed E-state index contributed by atoms with van der Waals surface area (Å²) in [5, 5.41) is 0. The van der Waals surface area contributed by atoms with Gasteiger partial charge < -0.3 is 15.5 Å². The Kier molecular flexibility index (Phi) is 3.38. The SMILES string of the molecule is CC(=O)N1CCN(C(=O)C2(CN)CCC2)CC1. The maximum Gasteiger partial charge on any atom is 0.230 e. The van der Waals surface area contributed by atoms with Crippen LogP contribution in [0.15, 0.2) is 0 Å². The van der Waals surface area contributed by atoms with E-state index in [1.165, 1.54) is 0 Å². The van der Waals surface area contributed by atoms with Gasteiger partial charge in [-0.2, -0.15) is 0 Å². The minimum Gasteiger partial charge on any atom is -0.339 e. The molecule has 1 aliphatic heterocycles. The van der Waals surface area contributed by atoms with Crippen molar-refractivity contribution in [1.29, 1.82) is 0 Å². The highest BCUT2D eigenvalue weighted by atomic mass is 16.2. The molecule has 0 radical (unpaired) electrons. The molecule has 1 aliphatic carbocycles. The van der Waals surface area contributed by atoms with Crippen molar-refractivity contribution in [3.05, 3.63) is 0 Å². The monoisotopic (exact) mass is 239 g/mol. The number of amides is 2. The molecular formula is C12H21N3O2. The second-order valence-electron chi connectivity index (χ2n) is 5.14. The van der Waals surface area contributed by atoms with Crippen molar-refractivity contribution in [1.82, 2.24) is 9.80 Å². The smallest absolute Gasteiger partial charge is 0.230 e. The summed E-state index contributed by atoms with van der Waals surface area (Å²) < 4.78 is 0. The average molecular weight is 239 g/mol. The Labute approximate surface area is 102 Å². The highest BCUT2D eigenvalue weighted by Gasteiger charge is 2.45. The molecule has 1 heterocycles. The minimum atomic E-state index is -0.279. The molecule has 2 N–H and O–H groups in total. The molecule has 0 unspecified atom stereocenters. The lowest BCUT2D eigenvalue weighted by molar-refractivity contribution is -0.150. The first-order chi connectivity index (χ1) is 8.09. The first-order valence-electron chi connectivity index (χ1n) is 6.34. The number of rotatable bonds is 2. The standard InChI is InChI=1S/C12H21N3O2/c1-10(16)14-5-7-15(8-6-14)11(17)12(9-13)3-2-4-12/h2-9,13H2,1H3. The van der Waals surface area contributed by atoms with Crippen LogP contribution in [0.4, 0.5) is 0 Å². The molecule has 17 heavy (non-hydrogen) atoms. The van der Waals surface area contributed by atoms with Crippen molar-refractivity contribution >= 4 is 11.8 Å². The fraction of sp³-hybridized carbons (Fsp3) is 0.833. The third-order valence-electron chi connectivity index (χ3n) is 4.17. The lowest BCUT2D eigenvalue weighted by Gasteiger charge is -2.45. The Hall–Kier alpha value is -1.10. The van der Waals surface area contributed by atoms with E-state index >= 15 is 0 Å². The first-order valence-corrected chi connectivity index (χ1v) is 6.34. The number of nitrogens with zero attached hydrogens (tertiary/aromatic N) is 2. The van der Waals surface area contributed by atoms with Crippen LogP contribution in [-0.4, -0.2) is 54.3 Å². The topological polar surface area (TPSA) is 66.6 Å². The number of carbonyl (C=O) groups is 2. The Morgan fingerprint density at radius 3 is 2.00 bits per heavy atom. The van der Waals surface area contributed by atoms with Gasteiger partial charge in [0.05, 0.1) is 5.41 Å². The molecule has 0 aromatic carbocycles. The molecule has 0 atom stereocenters. The summed E-state index contributed by atoms with van der Waals surface area (Å²) in [6.45, 7) is 4.65. The van der Waals surface area contributed by atoms with Crippen LogP contribution < -0.4 is 5.73 Å². The highest BCUT2D eigenvalue weighted by Crippen LogP contribution is 2.41. The molecule has 1 saturated heterocycles. The van der Waals surface area contributed by atoms with Crippen molar-refractivity contribution in [2.75, 3.05) is 32.7 Å². The van der Waals surface area contributed by atoms with Gasteiger partial charge in [0.2, 0.25) is 11.8 Å². The van der Waals surface area contributed by atoms with E-state index < -0.39 is 0 Å². The normalized spacial score (nSPS) is 23.2. The second kappa shape index (κ2) is 4.64. The van der Waals surface area contributed by atoms with Crippen molar-refractivity contribution < 1.29 is 9.59 Å². The van der Waals surface area contributed by atoms with E-state index in [0.29, 0.717) is 32.7 Å². The quantitative estimate of drug-likeness (QED) is 0.726. The Morgan fingerprint density at radius 1 is 1.12 bits per heavy atom. The molecule has 2 fully saturated rings. The maximum absolute atomic E-state index is 12.4. The van der Waals surface area contributed by atoms with E-state index in [2.05, 4.69) is 0 Å². The van der Waals surface area contributed by atoms with Crippen LogP contribution in [0.2, 0.25) is 0 Å². The predicted octanol–water partition coefficient (Wildman–Crippen LogP) is -0.194.